The van der Waals surface area contributed by atoms with Gasteiger partial charge in [-0.25, -0.2) is 0 Å². The average molecular weight is 270 g/mol. The average Bonchev–Trinajstić information content (AvgIpc) is 2.90. The first-order valence-corrected chi connectivity index (χ1v) is 7.42. The lowest BCUT2D eigenvalue weighted by atomic mass is 10.3. The first-order valence-electron chi connectivity index (χ1n) is 6.54. The fourth-order valence-electron chi connectivity index (χ4n) is 2.14. The maximum atomic E-state index is 9.13. The van der Waals surface area contributed by atoms with E-state index in [9.17, 15) is 0 Å². The van der Waals surface area contributed by atoms with Crippen LogP contribution >= 0.6 is 11.3 Å². The van der Waals surface area contributed by atoms with Crippen molar-refractivity contribution in [1.82, 2.24) is 9.80 Å². The molecule has 2 rings (SSSR count). The van der Waals surface area contributed by atoms with Crippen molar-refractivity contribution in [1.29, 1.82) is 0 Å². The van der Waals surface area contributed by atoms with Crippen molar-refractivity contribution in [2.45, 2.75) is 6.54 Å². The number of nitrogens with zero attached hydrogens (tertiary/aromatic N) is 2. The van der Waals surface area contributed by atoms with Crippen molar-refractivity contribution in [3.8, 4) is 0 Å². The second-order valence-corrected chi connectivity index (χ2v) is 5.57. The maximum absolute atomic E-state index is 9.13. The highest BCUT2D eigenvalue weighted by molar-refractivity contribution is 7.09. The summed E-state index contributed by atoms with van der Waals surface area (Å²) in [6.45, 7) is 7.78. The van der Waals surface area contributed by atoms with Crippen molar-refractivity contribution in [2.75, 3.05) is 52.5 Å². The second-order valence-electron chi connectivity index (χ2n) is 4.53. The predicted octanol–water partition coefficient (Wildman–Crippen LogP) is 0.875. The van der Waals surface area contributed by atoms with Crippen LogP contribution in [0, 0.1) is 0 Å². The van der Waals surface area contributed by atoms with Gasteiger partial charge in [0.2, 0.25) is 0 Å². The molecule has 1 N–H and O–H groups in total. The molecule has 2 heterocycles. The lowest BCUT2D eigenvalue weighted by Gasteiger charge is -2.29. The van der Waals surface area contributed by atoms with Gasteiger partial charge >= 0.3 is 0 Å². The molecule has 0 atom stereocenters. The van der Waals surface area contributed by atoms with Crippen LogP contribution in [0.2, 0.25) is 0 Å². The lowest BCUT2D eigenvalue weighted by Crippen LogP contribution is -2.41. The lowest BCUT2D eigenvalue weighted by molar-refractivity contribution is 0.0321. The monoisotopic (exact) mass is 270 g/mol. The summed E-state index contributed by atoms with van der Waals surface area (Å²) < 4.78 is 5.35. The maximum Gasteiger partial charge on any atom is 0.0594 e. The van der Waals surface area contributed by atoms with Gasteiger partial charge in [0.05, 0.1) is 19.8 Å². The van der Waals surface area contributed by atoms with Gasteiger partial charge in [0.25, 0.3) is 0 Å². The highest BCUT2D eigenvalue weighted by Crippen LogP contribution is 2.11. The Bertz CT molecular complexity index is 313. The summed E-state index contributed by atoms with van der Waals surface area (Å²) in [6, 6.07) is 4.24. The molecule has 102 valence electrons. The summed E-state index contributed by atoms with van der Waals surface area (Å²) in [5, 5.41) is 11.2. The summed E-state index contributed by atoms with van der Waals surface area (Å²) in [6.07, 6.45) is 0. The SMILES string of the molecule is OCCN(CCN1CCOCC1)Cc1cccs1. The van der Waals surface area contributed by atoms with E-state index in [1.165, 1.54) is 4.88 Å². The first-order chi connectivity index (χ1) is 8.88. The Labute approximate surface area is 113 Å². The molecule has 4 nitrogen and oxygen atoms in total. The molecule has 0 saturated carbocycles. The molecule has 18 heavy (non-hydrogen) atoms. The van der Waals surface area contributed by atoms with Crippen molar-refractivity contribution in [2.24, 2.45) is 0 Å². The van der Waals surface area contributed by atoms with E-state index in [2.05, 4.69) is 27.3 Å². The number of rotatable bonds is 7. The van der Waals surface area contributed by atoms with Crippen LogP contribution in [0.5, 0.6) is 0 Å². The third kappa shape index (κ3) is 4.66. The minimum Gasteiger partial charge on any atom is -0.395 e. The van der Waals surface area contributed by atoms with Crippen LogP contribution in [0.3, 0.4) is 0 Å². The molecule has 5 heteroatoms. The first kappa shape index (κ1) is 14.0. The molecule has 1 aromatic rings. The fourth-order valence-corrected chi connectivity index (χ4v) is 2.89. The number of ether oxygens (including phenoxy) is 1. The summed E-state index contributed by atoms with van der Waals surface area (Å²) in [4.78, 5) is 6.12. The third-order valence-electron chi connectivity index (χ3n) is 3.21. The van der Waals surface area contributed by atoms with Crippen LogP contribution in [0.4, 0.5) is 0 Å². The van der Waals surface area contributed by atoms with Crippen LogP contribution < -0.4 is 0 Å². The molecule has 1 aliphatic heterocycles. The zero-order valence-electron chi connectivity index (χ0n) is 10.8. The van der Waals surface area contributed by atoms with Crippen molar-refractivity contribution >= 4 is 11.3 Å². The third-order valence-corrected chi connectivity index (χ3v) is 4.07. The van der Waals surface area contributed by atoms with Crippen molar-refractivity contribution < 1.29 is 9.84 Å². The number of thiophene rings is 1. The smallest absolute Gasteiger partial charge is 0.0594 e. The van der Waals surface area contributed by atoms with Gasteiger partial charge in [0, 0.05) is 44.1 Å². The summed E-state index contributed by atoms with van der Waals surface area (Å²) >= 11 is 1.78. The van der Waals surface area contributed by atoms with Gasteiger partial charge in [-0.3, -0.25) is 9.80 Å². The van der Waals surface area contributed by atoms with Crippen LogP contribution in [-0.2, 0) is 11.3 Å². The van der Waals surface area contributed by atoms with Gasteiger partial charge in [0.1, 0.15) is 0 Å². The Kier molecular flexibility index (Phi) is 6.10. The Hall–Kier alpha value is -0.460. The fraction of sp³-hybridized carbons (Fsp3) is 0.692. The molecule has 0 amide bonds. The normalized spacial score (nSPS) is 17.4. The molecule has 0 spiro atoms. The van der Waals surface area contributed by atoms with Crippen molar-refractivity contribution in [3.63, 3.8) is 0 Å². The number of aliphatic hydroxyl groups excluding tert-OH is 1. The molecule has 0 aliphatic carbocycles. The number of hydrogen-bond acceptors (Lipinski definition) is 5. The van der Waals surface area contributed by atoms with Crippen molar-refractivity contribution in [3.05, 3.63) is 22.4 Å². The van der Waals surface area contributed by atoms with Crippen LogP contribution in [0.1, 0.15) is 4.88 Å². The Balaban J connectivity index is 1.74. The number of aliphatic hydroxyl groups is 1. The van der Waals surface area contributed by atoms with E-state index in [0.717, 1.165) is 52.5 Å². The van der Waals surface area contributed by atoms with Gasteiger partial charge in [-0.2, -0.15) is 0 Å². The van der Waals surface area contributed by atoms with Crippen LogP contribution in [0.25, 0.3) is 0 Å². The molecule has 0 bridgehead atoms. The topological polar surface area (TPSA) is 35.9 Å². The molecule has 1 aliphatic rings. The molecule has 0 radical (unpaired) electrons. The molecule has 0 unspecified atom stereocenters. The van der Waals surface area contributed by atoms with E-state index in [4.69, 9.17) is 9.84 Å². The molecular formula is C13H22N2O2S. The van der Waals surface area contributed by atoms with Crippen LogP contribution in [0.15, 0.2) is 17.5 Å². The minimum absolute atomic E-state index is 0.231. The van der Waals surface area contributed by atoms with Gasteiger partial charge in [-0.05, 0) is 11.4 Å². The molecule has 1 aromatic heterocycles. The largest absolute Gasteiger partial charge is 0.395 e. The Morgan fingerprint density at radius 2 is 2.17 bits per heavy atom. The molecule has 0 aromatic carbocycles. The predicted molar refractivity (Wildman–Crippen MR) is 73.9 cm³/mol. The van der Waals surface area contributed by atoms with E-state index in [1.807, 2.05) is 0 Å². The quantitative estimate of drug-likeness (QED) is 0.798. The standard InChI is InChI=1S/C13H22N2O2S/c16-8-5-15(12-13-2-1-11-18-13)4-3-14-6-9-17-10-7-14/h1-2,11,16H,3-10,12H2. The molecule has 1 fully saturated rings. The van der Waals surface area contributed by atoms with E-state index < -0.39 is 0 Å². The molecular weight excluding hydrogens is 248 g/mol. The van der Waals surface area contributed by atoms with E-state index in [1.54, 1.807) is 11.3 Å². The minimum atomic E-state index is 0.231. The van der Waals surface area contributed by atoms with E-state index >= 15 is 0 Å². The van der Waals surface area contributed by atoms with E-state index in [-0.39, 0.29) is 6.61 Å². The molecule has 1 saturated heterocycles. The van der Waals surface area contributed by atoms with Gasteiger partial charge in [0.15, 0.2) is 0 Å². The zero-order chi connectivity index (χ0) is 12.6. The van der Waals surface area contributed by atoms with E-state index in [0.29, 0.717) is 0 Å². The number of hydrogen-bond donors (Lipinski definition) is 1. The summed E-state index contributed by atoms with van der Waals surface area (Å²) in [5.41, 5.74) is 0. The van der Waals surface area contributed by atoms with Gasteiger partial charge < -0.3 is 9.84 Å². The second kappa shape index (κ2) is 7.86. The number of morpholine rings is 1. The van der Waals surface area contributed by atoms with Crippen LogP contribution in [-0.4, -0.2) is 67.5 Å². The Morgan fingerprint density at radius 3 is 2.83 bits per heavy atom. The summed E-state index contributed by atoms with van der Waals surface area (Å²) in [5.74, 6) is 0. The highest BCUT2D eigenvalue weighted by atomic mass is 32.1. The van der Waals surface area contributed by atoms with Gasteiger partial charge in [-0.1, -0.05) is 6.07 Å². The highest BCUT2D eigenvalue weighted by Gasteiger charge is 2.12. The summed E-state index contributed by atoms with van der Waals surface area (Å²) in [7, 11) is 0. The van der Waals surface area contributed by atoms with Gasteiger partial charge in [-0.15, -0.1) is 11.3 Å². The zero-order valence-corrected chi connectivity index (χ0v) is 11.6. The Morgan fingerprint density at radius 1 is 1.33 bits per heavy atom.